The van der Waals surface area contributed by atoms with Crippen molar-refractivity contribution in [2.75, 3.05) is 18.0 Å². The minimum atomic E-state index is -0.401. The van der Waals surface area contributed by atoms with Gasteiger partial charge in [0.25, 0.3) is 0 Å². The van der Waals surface area contributed by atoms with E-state index in [2.05, 4.69) is 29.2 Å². The van der Waals surface area contributed by atoms with Crippen molar-refractivity contribution < 1.29 is 14.3 Å². The average Bonchev–Trinajstić information content (AvgIpc) is 2.67. The summed E-state index contributed by atoms with van der Waals surface area (Å²) in [6.07, 6.45) is 2.56. The van der Waals surface area contributed by atoms with Crippen molar-refractivity contribution in [1.82, 2.24) is 0 Å². The minimum absolute atomic E-state index is 0.0779. The highest BCUT2D eigenvalue weighted by atomic mass is 16.6. The van der Waals surface area contributed by atoms with Gasteiger partial charge in [0.2, 0.25) is 0 Å². The standard InChI is InChI=1S/C24H31NO3/c1-24(2,3)28-23(26)17-19-13-15-25(16-14-19)21-9-11-22(12-10-21)27-18-20-7-5-4-6-8-20/h4-12,19H,13-18H2,1-3H3. The summed E-state index contributed by atoms with van der Waals surface area (Å²) in [7, 11) is 0. The van der Waals surface area contributed by atoms with Gasteiger partial charge in [-0.1, -0.05) is 30.3 Å². The van der Waals surface area contributed by atoms with Crippen LogP contribution >= 0.6 is 0 Å². The molecule has 1 heterocycles. The number of hydrogen-bond donors (Lipinski definition) is 0. The number of esters is 1. The Kier molecular flexibility index (Phi) is 6.61. The number of rotatable bonds is 6. The lowest BCUT2D eigenvalue weighted by Crippen LogP contribution is -2.35. The van der Waals surface area contributed by atoms with Crippen LogP contribution in [0.15, 0.2) is 54.6 Å². The SMILES string of the molecule is CC(C)(C)OC(=O)CC1CCN(c2ccc(OCc3ccccc3)cc2)CC1. The molecule has 1 aliphatic rings. The predicted molar refractivity (Wildman–Crippen MR) is 113 cm³/mol. The summed E-state index contributed by atoms with van der Waals surface area (Å²) >= 11 is 0. The number of hydrogen-bond acceptors (Lipinski definition) is 4. The lowest BCUT2D eigenvalue weighted by Gasteiger charge is -2.33. The summed E-state index contributed by atoms with van der Waals surface area (Å²) < 4.78 is 11.3. The van der Waals surface area contributed by atoms with Crippen molar-refractivity contribution in [3.8, 4) is 5.75 Å². The van der Waals surface area contributed by atoms with Crippen molar-refractivity contribution in [2.45, 2.75) is 52.2 Å². The quantitative estimate of drug-likeness (QED) is 0.644. The van der Waals surface area contributed by atoms with E-state index in [4.69, 9.17) is 9.47 Å². The van der Waals surface area contributed by atoms with E-state index in [1.165, 1.54) is 11.3 Å². The number of piperidine rings is 1. The Morgan fingerprint density at radius 1 is 1.00 bits per heavy atom. The molecule has 0 bridgehead atoms. The van der Waals surface area contributed by atoms with Crippen LogP contribution < -0.4 is 9.64 Å². The summed E-state index contributed by atoms with van der Waals surface area (Å²) in [5, 5.41) is 0. The van der Waals surface area contributed by atoms with Crippen LogP contribution in [0, 0.1) is 5.92 Å². The largest absolute Gasteiger partial charge is 0.489 e. The van der Waals surface area contributed by atoms with Crippen molar-refractivity contribution in [3.05, 3.63) is 60.2 Å². The number of carbonyl (C=O) groups is 1. The average molecular weight is 382 g/mol. The molecule has 0 aromatic heterocycles. The molecule has 4 heteroatoms. The van der Waals surface area contributed by atoms with Crippen LogP contribution in [0.4, 0.5) is 5.69 Å². The zero-order chi connectivity index (χ0) is 20.0. The van der Waals surface area contributed by atoms with E-state index >= 15 is 0 Å². The van der Waals surface area contributed by atoms with Crippen LogP contribution in [0.3, 0.4) is 0 Å². The zero-order valence-electron chi connectivity index (χ0n) is 17.2. The third kappa shape index (κ3) is 6.29. The van der Waals surface area contributed by atoms with Gasteiger partial charge in [0, 0.05) is 25.2 Å². The molecule has 0 saturated carbocycles. The summed E-state index contributed by atoms with van der Waals surface area (Å²) in [4.78, 5) is 14.4. The lowest BCUT2D eigenvalue weighted by atomic mass is 9.93. The lowest BCUT2D eigenvalue weighted by molar-refractivity contribution is -0.156. The predicted octanol–water partition coefficient (Wildman–Crippen LogP) is 5.21. The normalized spacial score (nSPS) is 15.3. The van der Waals surface area contributed by atoms with Crippen LogP contribution in [0.25, 0.3) is 0 Å². The Morgan fingerprint density at radius 3 is 2.25 bits per heavy atom. The van der Waals surface area contributed by atoms with Gasteiger partial charge in [-0.15, -0.1) is 0 Å². The number of benzene rings is 2. The molecule has 150 valence electrons. The molecule has 0 atom stereocenters. The summed E-state index contributed by atoms with van der Waals surface area (Å²) in [5.41, 5.74) is 1.98. The number of nitrogens with zero attached hydrogens (tertiary/aromatic N) is 1. The van der Waals surface area contributed by atoms with Gasteiger partial charge in [-0.2, -0.15) is 0 Å². The van der Waals surface area contributed by atoms with Crippen molar-refractivity contribution >= 4 is 11.7 Å². The number of ether oxygens (including phenoxy) is 2. The van der Waals surface area contributed by atoms with E-state index in [-0.39, 0.29) is 5.97 Å². The first-order valence-corrected chi connectivity index (χ1v) is 10.1. The molecule has 0 amide bonds. The van der Waals surface area contributed by atoms with Crippen LogP contribution in [0.1, 0.15) is 45.6 Å². The minimum Gasteiger partial charge on any atom is -0.489 e. The molecular weight excluding hydrogens is 350 g/mol. The van der Waals surface area contributed by atoms with Gasteiger partial charge in [0.05, 0.1) is 0 Å². The molecule has 3 rings (SSSR count). The van der Waals surface area contributed by atoms with Gasteiger partial charge in [0.1, 0.15) is 18.0 Å². The van der Waals surface area contributed by atoms with E-state index in [1.54, 1.807) is 0 Å². The molecule has 28 heavy (non-hydrogen) atoms. The third-order valence-corrected chi connectivity index (χ3v) is 4.94. The Bertz CT molecular complexity index is 742. The highest BCUT2D eigenvalue weighted by Crippen LogP contribution is 2.27. The van der Waals surface area contributed by atoms with E-state index in [0.29, 0.717) is 18.9 Å². The Balaban J connectivity index is 1.45. The first-order chi connectivity index (χ1) is 13.4. The fourth-order valence-corrected chi connectivity index (χ4v) is 3.51. The molecular formula is C24H31NO3. The molecule has 1 aliphatic heterocycles. The first-order valence-electron chi connectivity index (χ1n) is 10.1. The molecule has 0 unspecified atom stereocenters. The van der Waals surface area contributed by atoms with Crippen LogP contribution in [-0.2, 0) is 16.1 Å². The highest BCUT2D eigenvalue weighted by Gasteiger charge is 2.24. The van der Waals surface area contributed by atoms with Gasteiger partial charge in [-0.05, 0) is 69.4 Å². The smallest absolute Gasteiger partial charge is 0.306 e. The maximum Gasteiger partial charge on any atom is 0.306 e. The van der Waals surface area contributed by atoms with Crippen LogP contribution in [0.2, 0.25) is 0 Å². The van der Waals surface area contributed by atoms with Gasteiger partial charge >= 0.3 is 5.97 Å². The summed E-state index contributed by atoms with van der Waals surface area (Å²) in [6.45, 7) is 8.27. The second-order valence-electron chi connectivity index (χ2n) is 8.49. The molecule has 2 aromatic rings. The third-order valence-electron chi connectivity index (χ3n) is 4.94. The van der Waals surface area contributed by atoms with Crippen molar-refractivity contribution in [3.63, 3.8) is 0 Å². The van der Waals surface area contributed by atoms with E-state index in [1.807, 2.05) is 51.1 Å². The molecule has 0 aliphatic carbocycles. The summed E-state index contributed by atoms with van der Waals surface area (Å²) in [5.74, 6) is 1.22. The van der Waals surface area contributed by atoms with Crippen LogP contribution in [0.5, 0.6) is 5.75 Å². The first kappa shape index (κ1) is 20.2. The van der Waals surface area contributed by atoms with E-state index < -0.39 is 5.60 Å². The van der Waals surface area contributed by atoms with Crippen molar-refractivity contribution in [2.24, 2.45) is 5.92 Å². The fourth-order valence-electron chi connectivity index (χ4n) is 3.51. The molecule has 0 spiro atoms. The highest BCUT2D eigenvalue weighted by molar-refractivity contribution is 5.70. The Labute approximate surface area is 168 Å². The van der Waals surface area contributed by atoms with Gasteiger partial charge in [-0.25, -0.2) is 0 Å². The van der Waals surface area contributed by atoms with Crippen molar-refractivity contribution in [1.29, 1.82) is 0 Å². The van der Waals surface area contributed by atoms with E-state index in [0.717, 1.165) is 31.7 Å². The zero-order valence-corrected chi connectivity index (χ0v) is 17.2. The van der Waals surface area contributed by atoms with Gasteiger partial charge in [-0.3, -0.25) is 4.79 Å². The fraction of sp³-hybridized carbons (Fsp3) is 0.458. The van der Waals surface area contributed by atoms with E-state index in [9.17, 15) is 4.79 Å². The summed E-state index contributed by atoms with van der Waals surface area (Å²) in [6, 6.07) is 18.5. The Hall–Kier alpha value is -2.49. The molecule has 1 saturated heterocycles. The molecule has 1 fully saturated rings. The maximum atomic E-state index is 12.0. The monoisotopic (exact) mass is 381 g/mol. The number of carbonyl (C=O) groups excluding carboxylic acids is 1. The topological polar surface area (TPSA) is 38.8 Å². The molecule has 0 radical (unpaired) electrons. The molecule has 2 aromatic carbocycles. The second kappa shape index (κ2) is 9.13. The molecule has 4 nitrogen and oxygen atoms in total. The maximum absolute atomic E-state index is 12.0. The Morgan fingerprint density at radius 2 is 1.64 bits per heavy atom. The van der Waals surface area contributed by atoms with Gasteiger partial charge < -0.3 is 14.4 Å². The van der Waals surface area contributed by atoms with Gasteiger partial charge in [0.15, 0.2) is 0 Å². The van der Waals surface area contributed by atoms with Crippen LogP contribution in [-0.4, -0.2) is 24.7 Å². The second-order valence-corrected chi connectivity index (χ2v) is 8.49. The number of anilines is 1. The molecule has 0 N–H and O–H groups in total.